The van der Waals surface area contributed by atoms with Gasteiger partial charge in [0.15, 0.2) is 0 Å². The lowest BCUT2D eigenvalue weighted by atomic mass is 10.1. The highest BCUT2D eigenvalue weighted by Crippen LogP contribution is 2.14. The maximum absolute atomic E-state index is 12.3. The fourth-order valence-electron chi connectivity index (χ4n) is 2.34. The molecule has 0 spiro atoms. The first kappa shape index (κ1) is 14.8. The number of aryl methyl sites for hydroxylation is 1. The molecule has 0 fully saturated rings. The molecule has 0 aliphatic rings. The molecule has 0 radical (unpaired) electrons. The van der Waals surface area contributed by atoms with Gasteiger partial charge in [-0.25, -0.2) is 4.98 Å². The molecule has 0 saturated carbocycles. The second-order valence-electron chi connectivity index (χ2n) is 5.27. The number of nitrogens with one attached hydrogen (secondary N) is 1. The number of imidazole rings is 1. The summed E-state index contributed by atoms with van der Waals surface area (Å²) < 4.78 is 1.81. The summed E-state index contributed by atoms with van der Waals surface area (Å²) in [5.74, 6) is -1.19. The largest absolute Gasteiger partial charge is 0.481 e. The minimum Gasteiger partial charge on any atom is -0.481 e. The van der Waals surface area contributed by atoms with E-state index in [0.29, 0.717) is 16.9 Å². The smallest absolute Gasteiger partial charge is 0.307 e. The highest BCUT2D eigenvalue weighted by atomic mass is 16.4. The molecule has 116 valence electrons. The fraction of sp³-hybridized carbons (Fsp3) is 0.118. The van der Waals surface area contributed by atoms with Crippen LogP contribution in [0.2, 0.25) is 0 Å². The number of aromatic nitrogens is 2. The van der Waals surface area contributed by atoms with Crippen molar-refractivity contribution in [2.45, 2.75) is 13.3 Å². The number of aliphatic carboxylic acids is 1. The number of benzene rings is 1. The van der Waals surface area contributed by atoms with E-state index in [0.717, 1.165) is 11.2 Å². The van der Waals surface area contributed by atoms with E-state index in [1.54, 1.807) is 34.9 Å². The molecule has 23 heavy (non-hydrogen) atoms. The zero-order valence-corrected chi connectivity index (χ0v) is 12.5. The van der Waals surface area contributed by atoms with Crippen molar-refractivity contribution in [3.63, 3.8) is 0 Å². The number of nitrogens with zero attached hydrogens (tertiary/aromatic N) is 2. The first-order chi connectivity index (χ1) is 11.0. The molecule has 0 aliphatic heterocycles. The van der Waals surface area contributed by atoms with Crippen LogP contribution in [0.5, 0.6) is 0 Å². The Labute approximate surface area is 132 Å². The van der Waals surface area contributed by atoms with Crippen LogP contribution in [0.4, 0.5) is 5.69 Å². The van der Waals surface area contributed by atoms with E-state index >= 15 is 0 Å². The van der Waals surface area contributed by atoms with Gasteiger partial charge >= 0.3 is 5.97 Å². The van der Waals surface area contributed by atoms with Gasteiger partial charge in [-0.2, -0.15) is 0 Å². The average Bonchev–Trinajstić information content (AvgIpc) is 2.94. The SMILES string of the molecule is Cc1cccn2cc(C(=O)Nc3ccc(CC(=O)O)cc3)nc12. The van der Waals surface area contributed by atoms with Gasteiger partial charge in [-0.15, -0.1) is 0 Å². The van der Waals surface area contributed by atoms with Crippen LogP contribution in [0.1, 0.15) is 21.6 Å². The van der Waals surface area contributed by atoms with Gasteiger partial charge in [-0.1, -0.05) is 18.2 Å². The van der Waals surface area contributed by atoms with Gasteiger partial charge in [0.05, 0.1) is 6.42 Å². The number of fused-ring (bicyclic) bond motifs is 1. The summed E-state index contributed by atoms with van der Waals surface area (Å²) in [5.41, 5.74) is 3.34. The quantitative estimate of drug-likeness (QED) is 0.775. The van der Waals surface area contributed by atoms with Crippen LogP contribution >= 0.6 is 0 Å². The third kappa shape index (κ3) is 3.21. The Kier molecular flexibility index (Phi) is 3.80. The Hall–Kier alpha value is -3.15. The molecule has 6 heteroatoms. The Morgan fingerprint density at radius 2 is 1.96 bits per heavy atom. The van der Waals surface area contributed by atoms with E-state index in [2.05, 4.69) is 10.3 Å². The molecule has 0 aliphatic carbocycles. The number of hydrogen-bond acceptors (Lipinski definition) is 3. The number of carboxylic acid groups (broad SMARTS) is 1. The predicted octanol–water partition coefficient (Wildman–Crippen LogP) is 2.52. The predicted molar refractivity (Wildman–Crippen MR) is 85.7 cm³/mol. The zero-order valence-electron chi connectivity index (χ0n) is 12.5. The summed E-state index contributed by atoms with van der Waals surface area (Å²) in [4.78, 5) is 27.3. The van der Waals surface area contributed by atoms with Crippen molar-refractivity contribution in [1.29, 1.82) is 0 Å². The summed E-state index contributed by atoms with van der Waals surface area (Å²) in [6.07, 6.45) is 3.48. The second kappa shape index (κ2) is 5.92. The number of carbonyl (C=O) groups excluding carboxylic acids is 1. The normalized spacial score (nSPS) is 10.7. The minimum absolute atomic E-state index is 0.0417. The topological polar surface area (TPSA) is 83.7 Å². The maximum atomic E-state index is 12.3. The highest BCUT2D eigenvalue weighted by Gasteiger charge is 2.12. The van der Waals surface area contributed by atoms with Crippen LogP contribution in [-0.4, -0.2) is 26.4 Å². The number of anilines is 1. The van der Waals surface area contributed by atoms with E-state index in [1.807, 2.05) is 25.3 Å². The molecule has 2 N–H and O–H groups in total. The molecule has 6 nitrogen and oxygen atoms in total. The number of carboxylic acids is 1. The molecule has 3 aromatic rings. The number of pyridine rings is 1. The first-order valence-electron chi connectivity index (χ1n) is 7.09. The second-order valence-corrected chi connectivity index (χ2v) is 5.27. The molecule has 0 bridgehead atoms. The van der Waals surface area contributed by atoms with Crippen molar-refractivity contribution in [2.24, 2.45) is 0 Å². The van der Waals surface area contributed by atoms with E-state index in [1.165, 1.54) is 0 Å². The Bertz CT molecular complexity index is 882. The van der Waals surface area contributed by atoms with Crippen molar-refractivity contribution in [3.05, 3.63) is 65.6 Å². The highest BCUT2D eigenvalue weighted by molar-refractivity contribution is 6.03. The first-order valence-corrected chi connectivity index (χ1v) is 7.09. The lowest BCUT2D eigenvalue weighted by Gasteiger charge is -2.04. The Morgan fingerprint density at radius 1 is 1.22 bits per heavy atom. The molecule has 2 heterocycles. The minimum atomic E-state index is -0.887. The summed E-state index contributed by atoms with van der Waals surface area (Å²) in [6, 6.07) is 10.5. The van der Waals surface area contributed by atoms with E-state index in [9.17, 15) is 9.59 Å². The van der Waals surface area contributed by atoms with E-state index in [-0.39, 0.29) is 12.3 Å². The number of amides is 1. The van der Waals surface area contributed by atoms with Crippen LogP contribution in [0.3, 0.4) is 0 Å². The van der Waals surface area contributed by atoms with Crippen molar-refractivity contribution < 1.29 is 14.7 Å². The van der Waals surface area contributed by atoms with Gasteiger partial charge in [0, 0.05) is 18.1 Å². The summed E-state index contributed by atoms with van der Waals surface area (Å²) in [7, 11) is 0. The van der Waals surface area contributed by atoms with E-state index < -0.39 is 5.97 Å². The Balaban J connectivity index is 1.77. The van der Waals surface area contributed by atoms with Crippen LogP contribution < -0.4 is 5.32 Å². The van der Waals surface area contributed by atoms with Gasteiger partial charge in [-0.05, 0) is 36.2 Å². The molecule has 0 atom stereocenters. The molecular weight excluding hydrogens is 294 g/mol. The van der Waals surface area contributed by atoms with Crippen molar-refractivity contribution in [1.82, 2.24) is 9.38 Å². The summed E-state index contributed by atoms with van der Waals surface area (Å²) in [6.45, 7) is 1.94. The van der Waals surface area contributed by atoms with Crippen molar-refractivity contribution >= 4 is 23.2 Å². The van der Waals surface area contributed by atoms with Crippen molar-refractivity contribution in [3.8, 4) is 0 Å². The van der Waals surface area contributed by atoms with E-state index in [4.69, 9.17) is 5.11 Å². The molecule has 1 amide bonds. The van der Waals surface area contributed by atoms with Crippen LogP contribution in [0.15, 0.2) is 48.8 Å². The van der Waals surface area contributed by atoms with Gasteiger partial charge in [0.2, 0.25) is 0 Å². The number of hydrogen-bond donors (Lipinski definition) is 2. The summed E-state index contributed by atoms with van der Waals surface area (Å²) >= 11 is 0. The fourth-order valence-corrected chi connectivity index (χ4v) is 2.34. The molecule has 3 rings (SSSR count). The third-order valence-corrected chi connectivity index (χ3v) is 3.48. The van der Waals surface area contributed by atoms with Crippen LogP contribution in [-0.2, 0) is 11.2 Å². The van der Waals surface area contributed by atoms with Gasteiger partial charge in [-0.3, -0.25) is 9.59 Å². The van der Waals surface area contributed by atoms with Crippen LogP contribution in [0.25, 0.3) is 5.65 Å². The molecule has 0 unspecified atom stereocenters. The number of carbonyl (C=O) groups is 2. The average molecular weight is 309 g/mol. The lowest BCUT2D eigenvalue weighted by Crippen LogP contribution is -2.12. The third-order valence-electron chi connectivity index (χ3n) is 3.48. The standard InChI is InChI=1S/C17H15N3O3/c1-11-3-2-8-20-10-14(19-16(11)20)17(23)18-13-6-4-12(5-7-13)9-15(21)22/h2-8,10H,9H2,1H3,(H,18,23)(H,21,22). The van der Waals surface area contributed by atoms with Gasteiger partial charge < -0.3 is 14.8 Å². The molecular formula is C17H15N3O3. The summed E-state index contributed by atoms with van der Waals surface area (Å²) in [5, 5.41) is 11.5. The lowest BCUT2D eigenvalue weighted by molar-refractivity contribution is -0.136. The molecule has 2 aromatic heterocycles. The Morgan fingerprint density at radius 3 is 2.61 bits per heavy atom. The maximum Gasteiger partial charge on any atom is 0.307 e. The monoisotopic (exact) mass is 309 g/mol. The van der Waals surface area contributed by atoms with Crippen LogP contribution in [0, 0.1) is 6.92 Å². The van der Waals surface area contributed by atoms with Crippen molar-refractivity contribution in [2.75, 3.05) is 5.32 Å². The molecule has 0 saturated heterocycles. The molecule has 1 aromatic carbocycles. The van der Waals surface area contributed by atoms with Gasteiger partial charge in [0.1, 0.15) is 11.3 Å². The van der Waals surface area contributed by atoms with Gasteiger partial charge in [0.25, 0.3) is 5.91 Å². The zero-order chi connectivity index (χ0) is 16.4. The number of rotatable bonds is 4.